The molecule has 0 aliphatic carbocycles. The van der Waals surface area contributed by atoms with Crippen molar-refractivity contribution < 1.29 is 4.79 Å². The van der Waals surface area contributed by atoms with E-state index in [1.54, 1.807) is 42.7 Å². The second-order valence-corrected chi connectivity index (χ2v) is 4.87. The van der Waals surface area contributed by atoms with E-state index in [2.05, 4.69) is 20.9 Å². The fourth-order valence-corrected chi connectivity index (χ4v) is 2.10. The van der Waals surface area contributed by atoms with E-state index >= 15 is 0 Å². The minimum atomic E-state index is -0.377. The van der Waals surface area contributed by atoms with Crippen LogP contribution in [0.15, 0.2) is 48.8 Å². The Kier molecular flexibility index (Phi) is 3.92. The van der Waals surface area contributed by atoms with Crippen LogP contribution in [0, 0.1) is 0 Å². The third-order valence-corrected chi connectivity index (χ3v) is 3.53. The van der Waals surface area contributed by atoms with Gasteiger partial charge in [-0.15, -0.1) is 0 Å². The van der Waals surface area contributed by atoms with Crippen molar-refractivity contribution in [2.45, 2.75) is 4.83 Å². The van der Waals surface area contributed by atoms with E-state index in [-0.39, 0.29) is 10.6 Å². The zero-order valence-electron chi connectivity index (χ0n) is 8.81. The molecule has 0 saturated heterocycles. The topological polar surface area (TPSA) is 30.0 Å². The number of Topliss-reactive ketones (excluding diaryl/α,β-unsaturated/α-hetero) is 1. The highest BCUT2D eigenvalue weighted by Crippen LogP contribution is 2.26. The number of hydrogen-bond donors (Lipinski definition) is 0. The van der Waals surface area contributed by atoms with Crippen molar-refractivity contribution >= 4 is 33.3 Å². The summed E-state index contributed by atoms with van der Waals surface area (Å²) in [6.45, 7) is 0. The largest absolute Gasteiger partial charge is 0.293 e. The van der Waals surface area contributed by atoms with Crippen molar-refractivity contribution in [2.75, 3.05) is 0 Å². The number of carbonyl (C=O) groups is 1. The van der Waals surface area contributed by atoms with Crippen LogP contribution >= 0.6 is 27.5 Å². The van der Waals surface area contributed by atoms with Crippen molar-refractivity contribution in [3.05, 3.63) is 64.9 Å². The lowest BCUT2D eigenvalue weighted by molar-refractivity contribution is 0.0991. The molecule has 2 nitrogen and oxygen atoms in total. The molecule has 86 valence electrons. The number of ketones is 1. The van der Waals surface area contributed by atoms with Crippen molar-refractivity contribution in [3.63, 3.8) is 0 Å². The number of pyridine rings is 1. The molecule has 0 bridgehead atoms. The van der Waals surface area contributed by atoms with Crippen LogP contribution in [0.2, 0.25) is 5.02 Å². The van der Waals surface area contributed by atoms with Gasteiger partial charge in [0, 0.05) is 23.0 Å². The molecule has 4 heteroatoms. The van der Waals surface area contributed by atoms with E-state index in [1.807, 2.05) is 6.07 Å². The maximum Gasteiger partial charge on any atom is 0.180 e. The lowest BCUT2D eigenvalue weighted by Gasteiger charge is -2.08. The molecular weight excluding hydrogens is 302 g/mol. The van der Waals surface area contributed by atoms with Crippen LogP contribution < -0.4 is 0 Å². The number of aromatic nitrogens is 1. The summed E-state index contributed by atoms with van der Waals surface area (Å²) in [5.41, 5.74) is 1.47. The van der Waals surface area contributed by atoms with E-state index in [4.69, 9.17) is 11.6 Å². The minimum Gasteiger partial charge on any atom is -0.293 e. The van der Waals surface area contributed by atoms with E-state index < -0.39 is 0 Å². The van der Waals surface area contributed by atoms with Gasteiger partial charge < -0.3 is 0 Å². The smallest absolute Gasteiger partial charge is 0.180 e. The van der Waals surface area contributed by atoms with Crippen LogP contribution in [-0.2, 0) is 0 Å². The van der Waals surface area contributed by atoms with Gasteiger partial charge in [0.05, 0.1) is 0 Å². The van der Waals surface area contributed by atoms with Crippen molar-refractivity contribution in [3.8, 4) is 0 Å². The molecular formula is C13H9BrClNO. The molecule has 0 spiro atoms. The molecule has 1 atom stereocenters. The predicted molar refractivity (Wildman–Crippen MR) is 71.7 cm³/mol. The van der Waals surface area contributed by atoms with Gasteiger partial charge in [0.15, 0.2) is 5.78 Å². The molecule has 0 aliphatic rings. The fourth-order valence-electron chi connectivity index (χ4n) is 1.44. The number of nitrogens with zero attached hydrogens (tertiary/aromatic N) is 1. The van der Waals surface area contributed by atoms with E-state index in [0.29, 0.717) is 10.6 Å². The molecule has 17 heavy (non-hydrogen) atoms. The molecule has 1 heterocycles. The molecule has 0 fully saturated rings. The molecule has 0 saturated carbocycles. The third kappa shape index (κ3) is 2.93. The van der Waals surface area contributed by atoms with Gasteiger partial charge in [0.2, 0.25) is 0 Å². The Morgan fingerprint density at radius 1 is 1.24 bits per heavy atom. The van der Waals surface area contributed by atoms with E-state index in [9.17, 15) is 4.79 Å². The second kappa shape index (κ2) is 5.43. The first-order chi connectivity index (χ1) is 8.18. The Bertz CT molecular complexity index is 513. The Labute approximate surface area is 113 Å². The molecule has 0 radical (unpaired) electrons. The normalized spacial score (nSPS) is 12.1. The van der Waals surface area contributed by atoms with Gasteiger partial charge >= 0.3 is 0 Å². The quantitative estimate of drug-likeness (QED) is 0.632. The molecule has 0 N–H and O–H groups in total. The number of alkyl halides is 1. The maximum absolute atomic E-state index is 12.1. The zero-order chi connectivity index (χ0) is 12.3. The first kappa shape index (κ1) is 12.3. The summed E-state index contributed by atoms with van der Waals surface area (Å²) < 4.78 is 0. The lowest BCUT2D eigenvalue weighted by atomic mass is 10.0. The Hall–Kier alpha value is -1.19. The highest BCUT2D eigenvalue weighted by molar-refractivity contribution is 9.09. The number of halogens is 2. The van der Waals surface area contributed by atoms with Gasteiger partial charge in [-0.3, -0.25) is 9.78 Å². The molecule has 1 aromatic heterocycles. The minimum absolute atomic E-state index is 0.00494. The number of hydrogen-bond acceptors (Lipinski definition) is 2. The van der Waals surface area contributed by atoms with Crippen molar-refractivity contribution in [2.24, 2.45) is 0 Å². The summed E-state index contributed by atoms with van der Waals surface area (Å²) in [6, 6.07) is 10.5. The highest BCUT2D eigenvalue weighted by Gasteiger charge is 2.18. The van der Waals surface area contributed by atoms with Crippen LogP contribution in [0.4, 0.5) is 0 Å². The standard InChI is InChI=1S/C13H9BrClNO/c14-12(10-2-1-7-16-8-10)13(17)9-3-5-11(15)6-4-9/h1-8,12H. The van der Waals surface area contributed by atoms with Gasteiger partial charge in [0.25, 0.3) is 0 Å². The summed E-state index contributed by atoms with van der Waals surface area (Å²) >= 11 is 9.16. The molecule has 1 aromatic carbocycles. The average molecular weight is 311 g/mol. The fraction of sp³-hybridized carbons (Fsp3) is 0.0769. The van der Waals surface area contributed by atoms with Crippen molar-refractivity contribution in [1.29, 1.82) is 0 Å². The van der Waals surface area contributed by atoms with Crippen LogP contribution in [0.25, 0.3) is 0 Å². The molecule has 2 aromatic rings. The monoisotopic (exact) mass is 309 g/mol. The number of benzene rings is 1. The molecule has 2 rings (SSSR count). The van der Waals surface area contributed by atoms with Gasteiger partial charge in [-0.05, 0) is 35.9 Å². The summed E-state index contributed by atoms with van der Waals surface area (Å²) in [5.74, 6) is -0.00494. The lowest BCUT2D eigenvalue weighted by Crippen LogP contribution is -2.07. The number of carbonyl (C=O) groups excluding carboxylic acids is 1. The third-order valence-electron chi connectivity index (χ3n) is 2.34. The zero-order valence-corrected chi connectivity index (χ0v) is 11.1. The summed E-state index contributed by atoms with van der Waals surface area (Å²) in [5, 5.41) is 0.619. The van der Waals surface area contributed by atoms with E-state index in [0.717, 1.165) is 5.56 Å². The van der Waals surface area contributed by atoms with Gasteiger partial charge in [0.1, 0.15) is 4.83 Å². The highest BCUT2D eigenvalue weighted by atomic mass is 79.9. The maximum atomic E-state index is 12.1. The van der Waals surface area contributed by atoms with Crippen molar-refractivity contribution in [1.82, 2.24) is 4.98 Å². The average Bonchev–Trinajstić information content (AvgIpc) is 2.39. The van der Waals surface area contributed by atoms with Crippen LogP contribution in [0.1, 0.15) is 20.7 Å². The van der Waals surface area contributed by atoms with Gasteiger partial charge in [-0.1, -0.05) is 33.6 Å². The van der Waals surface area contributed by atoms with Gasteiger partial charge in [-0.2, -0.15) is 0 Å². The Balaban J connectivity index is 2.23. The Morgan fingerprint density at radius 2 is 1.94 bits per heavy atom. The van der Waals surface area contributed by atoms with Crippen LogP contribution in [0.5, 0.6) is 0 Å². The number of rotatable bonds is 3. The second-order valence-electron chi connectivity index (χ2n) is 3.52. The van der Waals surface area contributed by atoms with Gasteiger partial charge in [-0.25, -0.2) is 0 Å². The summed E-state index contributed by atoms with van der Waals surface area (Å²) in [7, 11) is 0. The first-order valence-electron chi connectivity index (χ1n) is 5.02. The Morgan fingerprint density at radius 3 is 2.53 bits per heavy atom. The van der Waals surface area contributed by atoms with Crippen LogP contribution in [-0.4, -0.2) is 10.8 Å². The van der Waals surface area contributed by atoms with E-state index in [1.165, 1.54) is 0 Å². The SMILES string of the molecule is O=C(c1ccc(Cl)cc1)C(Br)c1cccnc1. The predicted octanol–water partition coefficient (Wildman–Crippen LogP) is 4.05. The van der Waals surface area contributed by atoms with Crippen LogP contribution in [0.3, 0.4) is 0 Å². The molecule has 0 aliphatic heterocycles. The first-order valence-corrected chi connectivity index (χ1v) is 6.31. The summed E-state index contributed by atoms with van der Waals surface area (Å²) in [6.07, 6.45) is 3.35. The molecule has 0 amide bonds. The molecule has 1 unspecified atom stereocenters. The summed E-state index contributed by atoms with van der Waals surface area (Å²) in [4.78, 5) is 15.8.